The smallest absolute Gasteiger partial charge is 0.254 e. The monoisotopic (exact) mass is 422 g/mol. The zero-order valence-corrected chi connectivity index (χ0v) is 18.5. The van der Waals surface area contributed by atoms with Crippen LogP contribution in [0.3, 0.4) is 0 Å². The number of pyridine rings is 2. The summed E-state index contributed by atoms with van der Waals surface area (Å²) in [4.78, 5) is 27.0. The van der Waals surface area contributed by atoms with Crippen LogP contribution in [0.5, 0.6) is 0 Å². The molecule has 5 rings (SSSR count). The molecule has 2 aromatic heterocycles. The number of anilines is 1. The van der Waals surface area contributed by atoms with E-state index in [2.05, 4.69) is 47.1 Å². The highest BCUT2D eigenvalue weighted by Crippen LogP contribution is 2.30. The second-order valence-corrected chi connectivity index (χ2v) is 8.35. The third kappa shape index (κ3) is 3.82. The molecule has 160 valence electrons. The van der Waals surface area contributed by atoms with E-state index in [0.29, 0.717) is 13.1 Å². The van der Waals surface area contributed by atoms with Crippen LogP contribution in [-0.2, 0) is 0 Å². The van der Waals surface area contributed by atoms with Crippen molar-refractivity contribution in [3.05, 3.63) is 89.7 Å². The van der Waals surface area contributed by atoms with Gasteiger partial charge in [-0.25, -0.2) is 4.98 Å². The number of carbonyl (C=O) groups excluding carboxylic acids is 1. The molecule has 32 heavy (non-hydrogen) atoms. The van der Waals surface area contributed by atoms with E-state index in [1.807, 2.05) is 54.4 Å². The molecular formula is C27H26N4O. The summed E-state index contributed by atoms with van der Waals surface area (Å²) in [6, 6.07) is 22.4. The fraction of sp³-hybridized carbons (Fsp3) is 0.222. The van der Waals surface area contributed by atoms with Crippen molar-refractivity contribution in [2.45, 2.75) is 13.8 Å². The Morgan fingerprint density at radius 3 is 2.38 bits per heavy atom. The lowest BCUT2D eigenvalue weighted by molar-refractivity contribution is 0.0748. The van der Waals surface area contributed by atoms with Crippen LogP contribution in [0.2, 0.25) is 0 Å². The van der Waals surface area contributed by atoms with E-state index in [-0.39, 0.29) is 5.91 Å². The average Bonchev–Trinajstić information content (AvgIpc) is 2.84. The number of aromatic nitrogens is 2. The van der Waals surface area contributed by atoms with E-state index >= 15 is 0 Å². The number of nitrogens with zero attached hydrogens (tertiary/aromatic N) is 4. The van der Waals surface area contributed by atoms with Crippen molar-refractivity contribution in [1.29, 1.82) is 0 Å². The van der Waals surface area contributed by atoms with E-state index in [0.717, 1.165) is 52.2 Å². The summed E-state index contributed by atoms with van der Waals surface area (Å²) in [6.45, 7) is 6.95. The van der Waals surface area contributed by atoms with Crippen molar-refractivity contribution >= 4 is 22.6 Å². The molecule has 0 bridgehead atoms. The van der Waals surface area contributed by atoms with Gasteiger partial charge in [0.05, 0.1) is 11.1 Å². The first-order valence-corrected chi connectivity index (χ1v) is 11.0. The van der Waals surface area contributed by atoms with E-state index in [4.69, 9.17) is 4.98 Å². The molecule has 0 radical (unpaired) electrons. The Hall–Kier alpha value is -3.73. The molecule has 0 unspecified atom stereocenters. The number of carbonyl (C=O) groups is 1. The molecule has 3 heterocycles. The van der Waals surface area contributed by atoms with Gasteiger partial charge in [-0.05, 0) is 37.6 Å². The minimum atomic E-state index is 0.0715. The molecular weight excluding hydrogens is 396 g/mol. The van der Waals surface area contributed by atoms with E-state index in [1.54, 1.807) is 0 Å². The van der Waals surface area contributed by atoms with Crippen molar-refractivity contribution in [3.8, 4) is 11.1 Å². The Balaban J connectivity index is 1.46. The van der Waals surface area contributed by atoms with Crippen LogP contribution in [0.25, 0.3) is 22.0 Å². The van der Waals surface area contributed by atoms with Crippen LogP contribution >= 0.6 is 0 Å². The molecule has 1 aliphatic rings. The quantitative estimate of drug-likeness (QED) is 0.472. The molecule has 1 amide bonds. The van der Waals surface area contributed by atoms with Gasteiger partial charge in [0.1, 0.15) is 5.82 Å². The third-order valence-electron chi connectivity index (χ3n) is 6.10. The number of hydrogen-bond donors (Lipinski definition) is 0. The molecule has 4 aromatic rings. The lowest BCUT2D eigenvalue weighted by Crippen LogP contribution is -2.49. The Labute approximate surface area is 188 Å². The van der Waals surface area contributed by atoms with Gasteiger partial charge in [-0.1, -0.05) is 54.1 Å². The number of rotatable bonds is 3. The van der Waals surface area contributed by atoms with Crippen molar-refractivity contribution in [2.75, 3.05) is 31.1 Å². The molecule has 1 saturated heterocycles. The van der Waals surface area contributed by atoms with Crippen molar-refractivity contribution < 1.29 is 4.79 Å². The first-order valence-electron chi connectivity index (χ1n) is 11.0. The first-order chi connectivity index (χ1) is 15.6. The number of hydrogen-bond acceptors (Lipinski definition) is 4. The standard InChI is InChI=1S/C27H26N4O/c1-19-9-11-21(12-10-19)22-6-5-7-23-24(18-20(2)29-26(22)23)27(32)31-16-14-30(15-17-31)25-8-3-4-13-28-25/h3-13,18H,14-17H2,1-2H3. The lowest BCUT2D eigenvalue weighted by Gasteiger charge is -2.35. The van der Waals surface area contributed by atoms with E-state index < -0.39 is 0 Å². The Bertz CT molecular complexity index is 1260. The Morgan fingerprint density at radius 1 is 0.875 bits per heavy atom. The third-order valence-corrected chi connectivity index (χ3v) is 6.10. The number of aryl methyl sites for hydroxylation is 2. The van der Waals surface area contributed by atoms with Crippen LogP contribution in [-0.4, -0.2) is 47.0 Å². The largest absolute Gasteiger partial charge is 0.353 e. The summed E-state index contributed by atoms with van der Waals surface area (Å²) in [5.74, 6) is 1.04. The van der Waals surface area contributed by atoms with Crippen molar-refractivity contribution in [3.63, 3.8) is 0 Å². The number of piperazine rings is 1. The number of fused-ring (bicyclic) bond motifs is 1. The summed E-state index contributed by atoms with van der Waals surface area (Å²) < 4.78 is 0. The van der Waals surface area contributed by atoms with Gasteiger partial charge in [0.2, 0.25) is 0 Å². The van der Waals surface area contributed by atoms with E-state index in [1.165, 1.54) is 5.56 Å². The molecule has 0 N–H and O–H groups in total. The SMILES string of the molecule is Cc1ccc(-c2cccc3c(C(=O)N4CCN(c5ccccn5)CC4)cc(C)nc23)cc1. The fourth-order valence-electron chi connectivity index (χ4n) is 4.37. The Morgan fingerprint density at radius 2 is 1.66 bits per heavy atom. The molecule has 5 nitrogen and oxygen atoms in total. The molecule has 1 aliphatic heterocycles. The van der Waals surface area contributed by atoms with Gasteiger partial charge in [-0.15, -0.1) is 0 Å². The lowest BCUT2D eigenvalue weighted by atomic mass is 9.98. The van der Waals surface area contributed by atoms with Crippen molar-refractivity contribution in [2.24, 2.45) is 0 Å². The predicted molar refractivity (Wildman–Crippen MR) is 129 cm³/mol. The average molecular weight is 423 g/mol. The normalized spacial score (nSPS) is 14.1. The predicted octanol–water partition coefficient (Wildman–Crippen LogP) is 4.88. The minimum absolute atomic E-state index is 0.0715. The maximum atomic E-state index is 13.6. The Kier molecular flexibility index (Phi) is 5.31. The van der Waals surface area contributed by atoms with Crippen LogP contribution in [0, 0.1) is 13.8 Å². The summed E-state index contributed by atoms with van der Waals surface area (Å²) in [7, 11) is 0. The summed E-state index contributed by atoms with van der Waals surface area (Å²) >= 11 is 0. The fourth-order valence-corrected chi connectivity index (χ4v) is 4.37. The summed E-state index contributed by atoms with van der Waals surface area (Å²) in [5.41, 5.74) is 5.85. The second-order valence-electron chi connectivity index (χ2n) is 8.35. The number of benzene rings is 2. The highest BCUT2D eigenvalue weighted by Gasteiger charge is 2.25. The highest BCUT2D eigenvalue weighted by atomic mass is 16.2. The van der Waals surface area contributed by atoms with Gasteiger partial charge in [0.25, 0.3) is 5.91 Å². The van der Waals surface area contributed by atoms with Gasteiger partial charge in [-0.2, -0.15) is 0 Å². The summed E-state index contributed by atoms with van der Waals surface area (Å²) in [6.07, 6.45) is 1.81. The molecule has 0 atom stereocenters. The van der Waals surface area contributed by atoms with Gasteiger partial charge < -0.3 is 9.80 Å². The van der Waals surface area contributed by atoms with Crippen LogP contribution in [0.4, 0.5) is 5.82 Å². The minimum Gasteiger partial charge on any atom is -0.353 e. The number of amides is 1. The van der Waals surface area contributed by atoms with Crippen molar-refractivity contribution in [1.82, 2.24) is 14.9 Å². The molecule has 0 spiro atoms. The zero-order chi connectivity index (χ0) is 22.1. The van der Waals surface area contributed by atoms with E-state index in [9.17, 15) is 4.79 Å². The highest BCUT2D eigenvalue weighted by molar-refractivity contribution is 6.09. The second kappa shape index (κ2) is 8.42. The number of para-hydroxylation sites is 1. The zero-order valence-electron chi connectivity index (χ0n) is 18.5. The maximum Gasteiger partial charge on any atom is 0.254 e. The van der Waals surface area contributed by atoms with Gasteiger partial charge in [0.15, 0.2) is 0 Å². The van der Waals surface area contributed by atoms with Crippen LogP contribution in [0.15, 0.2) is 72.9 Å². The van der Waals surface area contributed by atoms with Gasteiger partial charge >= 0.3 is 0 Å². The topological polar surface area (TPSA) is 49.3 Å². The summed E-state index contributed by atoms with van der Waals surface area (Å²) in [5, 5.41) is 0.908. The molecule has 1 fully saturated rings. The molecule has 0 aliphatic carbocycles. The van der Waals surface area contributed by atoms with Crippen LogP contribution < -0.4 is 4.90 Å². The molecule has 0 saturated carbocycles. The van der Waals surface area contributed by atoms with Gasteiger partial charge in [0, 0.05) is 49.0 Å². The van der Waals surface area contributed by atoms with Gasteiger partial charge in [-0.3, -0.25) is 9.78 Å². The molecule has 2 aromatic carbocycles. The first kappa shape index (κ1) is 20.2. The maximum absolute atomic E-state index is 13.6. The molecule has 5 heteroatoms. The van der Waals surface area contributed by atoms with Crippen LogP contribution in [0.1, 0.15) is 21.6 Å².